The zero-order chi connectivity index (χ0) is 10.8. The largest absolute Gasteiger partial charge is 0.302 e. The Labute approximate surface area is 93.9 Å². The van der Waals surface area contributed by atoms with Gasteiger partial charge in [0.05, 0.1) is 5.69 Å². The fourth-order valence-corrected chi connectivity index (χ4v) is 2.26. The Morgan fingerprint density at radius 2 is 2.40 bits per heavy atom. The number of carbonyl (C=O) groups excluding carboxylic acids is 1. The van der Waals surface area contributed by atoms with Crippen LogP contribution in [0.5, 0.6) is 0 Å². The van der Waals surface area contributed by atoms with Crippen LogP contribution in [-0.2, 0) is 4.79 Å². The smallest absolute Gasteiger partial charge is 0.226 e. The molecule has 0 aromatic carbocycles. The van der Waals surface area contributed by atoms with E-state index >= 15 is 0 Å². The van der Waals surface area contributed by atoms with Crippen molar-refractivity contribution in [3.05, 3.63) is 11.1 Å². The molecule has 1 aromatic rings. The molecule has 4 heteroatoms. The summed E-state index contributed by atoms with van der Waals surface area (Å²) in [7, 11) is 0. The zero-order valence-corrected chi connectivity index (χ0v) is 9.93. The van der Waals surface area contributed by atoms with E-state index in [0.717, 1.165) is 10.8 Å². The molecule has 0 radical (unpaired) electrons. The molecule has 1 fully saturated rings. The number of carbonyl (C=O) groups is 1. The lowest BCUT2D eigenvalue weighted by Gasteiger charge is -2.03. The number of anilines is 1. The molecule has 0 atom stereocenters. The number of thiazole rings is 1. The minimum Gasteiger partial charge on any atom is -0.302 e. The summed E-state index contributed by atoms with van der Waals surface area (Å²) in [6.07, 6.45) is 3.07. The molecule has 0 aliphatic heterocycles. The van der Waals surface area contributed by atoms with E-state index in [1.807, 2.05) is 13.8 Å². The molecule has 0 unspecified atom stereocenters. The Bertz CT molecular complexity index is 355. The van der Waals surface area contributed by atoms with Crippen LogP contribution >= 0.6 is 11.3 Å². The average Bonchev–Trinajstić information content (AvgIpc) is 2.87. The van der Waals surface area contributed by atoms with E-state index in [0.29, 0.717) is 18.3 Å². The highest BCUT2D eigenvalue weighted by Gasteiger charge is 2.26. The van der Waals surface area contributed by atoms with Crippen molar-refractivity contribution in [2.45, 2.75) is 39.0 Å². The van der Waals surface area contributed by atoms with Crippen LogP contribution in [0.4, 0.5) is 5.13 Å². The molecule has 1 aliphatic carbocycles. The molecule has 0 spiro atoms. The zero-order valence-electron chi connectivity index (χ0n) is 9.12. The van der Waals surface area contributed by atoms with Gasteiger partial charge in [-0.3, -0.25) is 4.79 Å². The van der Waals surface area contributed by atoms with Crippen LogP contribution in [-0.4, -0.2) is 10.9 Å². The Kier molecular flexibility index (Phi) is 3.05. The van der Waals surface area contributed by atoms with Gasteiger partial charge in [0.15, 0.2) is 5.13 Å². The van der Waals surface area contributed by atoms with E-state index in [2.05, 4.69) is 15.7 Å². The van der Waals surface area contributed by atoms with Crippen LogP contribution in [0.3, 0.4) is 0 Å². The lowest BCUT2D eigenvalue weighted by molar-refractivity contribution is -0.116. The molecular formula is C11H16N2OS. The first-order valence-corrected chi connectivity index (χ1v) is 6.28. The van der Waals surface area contributed by atoms with Crippen molar-refractivity contribution in [1.29, 1.82) is 0 Å². The number of hydrogen-bond acceptors (Lipinski definition) is 3. The second-order valence-corrected chi connectivity index (χ2v) is 5.36. The predicted molar refractivity (Wildman–Crippen MR) is 62.2 cm³/mol. The van der Waals surface area contributed by atoms with Crippen molar-refractivity contribution in [3.63, 3.8) is 0 Å². The van der Waals surface area contributed by atoms with E-state index in [9.17, 15) is 4.79 Å². The third kappa shape index (κ3) is 3.02. The second kappa shape index (κ2) is 4.31. The standard InChI is InChI=1S/C11H16N2OS/c1-7(2)5-10(14)13-11-12-9(6-15-11)8-3-4-8/h6-8H,3-5H2,1-2H3,(H,12,13,14). The van der Waals surface area contributed by atoms with Gasteiger partial charge >= 0.3 is 0 Å². The topological polar surface area (TPSA) is 42.0 Å². The maximum atomic E-state index is 11.5. The number of amides is 1. The molecule has 15 heavy (non-hydrogen) atoms. The summed E-state index contributed by atoms with van der Waals surface area (Å²) in [5, 5.41) is 5.66. The van der Waals surface area contributed by atoms with Gasteiger partial charge < -0.3 is 5.32 Å². The van der Waals surface area contributed by atoms with Gasteiger partial charge in [-0.15, -0.1) is 11.3 Å². The molecular weight excluding hydrogens is 208 g/mol. The van der Waals surface area contributed by atoms with Crippen molar-refractivity contribution in [2.75, 3.05) is 5.32 Å². The summed E-state index contributed by atoms with van der Waals surface area (Å²) in [5.74, 6) is 1.13. The SMILES string of the molecule is CC(C)CC(=O)Nc1nc(C2CC2)cs1. The van der Waals surface area contributed by atoms with Crippen LogP contribution in [0.1, 0.15) is 44.7 Å². The monoisotopic (exact) mass is 224 g/mol. The van der Waals surface area contributed by atoms with Gasteiger partial charge in [-0.25, -0.2) is 4.98 Å². The van der Waals surface area contributed by atoms with Gasteiger partial charge in [0, 0.05) is 17.7 Å². The molecule has 1 aliphatic rings. The normalized spacial score (nSPS) is 15.7. The quantitative estimate of drug-likeness (QED) is 0.854. The average molecular weight is 224 g/mol. The second-order valence-electron chi connectivity index (χ2n) is 4.50. The van der Waals surface area contributed by atoms with Gasteiger partial charge in [0.2, 0.25) is 5.91 Å². The summed E-state index contributed by atoms with van der Waals surface area (Å²) in [6.45, 7) is 4.08. The van der Waals surface area contributed by atoms with E-state index in [1.54, 1.807) is 0 Å². The summed E-state index contributed by atoms with van der Waals surface area (Å²) in [4.78, 5) is 15.9. The van der Waals surface area contributed by atoms with Crippen molar-refractivity contribution in [1.82, 2.24) is 4.98 Å². The molecule has 0 bridgehead atoms. The molecule has 2 rings (SSSR count). The summed E-state index contributed by atoms with van der Waals surface area (Å²) < 4.78 is 0. The third-order valence-corrected chi connectivity index (χ3v) is 3.13. The fourth-order valence-electron chi connectivity index (χ4n) is 1.45. The van der Waals surface area contributed by atoms with E-state index in [1.165, 1.54) is 24.2 Å². The highest BCUT2D eigenvalue weighted by atomic mass is 32.1. The van der Waals surface area contributed by atoms with Crippen LogP contribution in [0.2, 0.25) is 0 Å². The van der Waals surface area contributed by atoms with Crippen molar-refractivity contribution in [3.8, 4) is 0 Å². The van der Waals surface area contributed by atoms with Gasteiger partial charge in [-0.05, 0) is 18.8 Å². The predicted octanol–water partition coefficient (Wildman–Crippen LogP) is 3.01. The molecule has 1 heterocycles. The molecule has 1 N–H and O–H groups in total. The van der Waals surface area contributed by atoms with Gasteiger partial charge in [-0.2, -0.15) is 0 Å². The Morgan fingerprint density at radius 1 is 1.67 bits per heavy atom. The number of aromatic nitrogens is 1. The molecule has 1 aromatic heterocycles. The van der Waals surface area contributed by atoms with Crippen LogP contribution in [0.25, 0.3) is 0 Å². The fraction of sp³-hybridized carbons (Fsp3) is 0.636. The molecule has 1 amide bonds. The number of rotatable bonds is 4. The van der Waals surface area contributed by atoms with Crippen molar-refractivity contribution >= 4 is 22.4 Å². The van der Waals surface area contributed by atoms with Gasteiger partial charge in [0.1, 0.15) is 0 Å². The number of nitrogens with zero attached hydrogens (tertiary/aromatic N) is 1. The highest BCUT2D eigenvalue weighted by Crippen LogP contribution is 2.40. The molecule has 1 saturated carbocycles. The van der Waals surface area contributed by atoms with E-state index in [4.69, 9.17) is 0 Å². The third-order valence-electron chi connectivity index (χ3n) is 2.36. The molecule has 0 saturated heterocycles. The lowest BCUT2D eigenvalue weighted by Crippen LogP contribution is -2.13. The highest BCUT2D eigenvalue weighted by molar-refractivity contribution is 7.13. The number of hydrogen-bond donors (Lipinski definition) is 1. The van der Waals surface area contributed by atoms with Crippen LogP contribution in [0, 0.1) is 5.92 Å². The minimum atomic E-state index is 0.0710. The lowest BCUT2D eigenvalue weighted by atomic mass is 10.1. The summed E-state index contributed by atoms with van der Waals surface area (Å²) in [5.41, 5.74) is 1.15. The van der Waals surface area contributed by atoms with Crippen LogP contribution in [0.15, 0.2) is 5.38 Å². The Morgan fingerprint density at radius 3 is 3.00 bits per heavy atom. The first-order valence-electron chi connectivity index (χ1n) is 5.40. The Hall–Kier alpha value is -0.900. The summed E-state index contributed by atoms with van der Waals surface area (Å²) in [6, 6.07) is 0. The molecule has 3 nitrogen and oxygen atoms in total. The van der Waals surface area contributed by atoms with E-state index < -0.39 is 0 Å². The maximum Gasteiger partial charge on any atom is 0.226 e. The first kappa shape index (κ1) is 10.6. The maximum absolute atomic E-state index is 11.5. The Balaban J connectivity index is 1.89. The van der Waals surface area contributed by atoms with E-state index in [-0.39, 0.29) is 5.91 Å². The van der Waals surface area contributed by atoms with Crippen molar-refractivity contribution < 1.29 is 4.79 Å². The first-order chi connectivity index (χ1) is 7.15. The number of nitrogens with one attached hydrogen (secondary N) is 1. The van der Waals surface area contributed by atoms with Crippen molar-refractivity contribution in [2.24, 2.45) is 5.92 Å². The van der Waals surface area contributed by atoms with Gasteiger partial charge in [0.25, 0.3) is 0 Å². The minimum absolute atomic E-state index is 0.0710. The molecule has 82 valence electrons. The van der Waals surface area contributed by atoms with Crippen LogP contribution < -0.4 is 5.32 Å². The van der Waals surface area contributed by atoms with Gasteiger partial charge in [-0.1, -0.05) is 13.8 Å². The summed E-state index contributed by atoms with van der Waals surface area (Å²) >= 11 is 1.53.